The number of hydrogen-bond donors (Lipinski definition) is 2. The lowest BCUT2D eigenvalue weighted by molar-refractivity contribution is -0.148. The van der Waals surface area contributed by atoms with Crippen LogP contribution in [0.2, 0.25) is 0 Å². The summed E-state index contributed by atoms with van der Waals surface area (Å²) < 4.78 is 5.68. The standard InChI is InChI=1S/C28H32N2O5/c1-2-28(26(32)33)13-14-30(17-28)25(31)15-24(18-11-12-18)29-27(34)35-16-23-21-9-5-3-7-19(21)20-8-4-6-10-22(20)23/h3-10,18,23-24H,2,11-17H2,1H3,(H,29,34)(H,32,33). The molecule has 2 atom stereocenters. The van der Waals surface area contributed by atoms with Gasteiger partial charge in [-0.2, -0.15) is 0 Å². The molecule has 0 bridgehead atoms. The SMILES string of the molecule is CCC1(C(=O)O)CCN(C(=O)CC(NC(=O)OCC2c3ccccc3-c3ccccc32)C2CC2)C1. The van der Waals surface area contributed by atoms with Gasteiger partial charge in [0.1, 0.15) is 6.61 Å². The summed E-state index contributed by atoms with van der Waals surface area (Å²) in [6.07, 6.45) is 2.57. The fraction of sp³-hybridized carbons (Fsp3) is 0.464. The summed E-state index contributed by atoms with van der Waals surface area (Å²) in [6.45, 7) is 2.77. The molecular formula is C28H32N2O5. The van der Waals surface area contributed by atoms with Gasteiger partial charge in [0.2, 0.25) is 5.91 Å². The Morgan fingerprint density at radius 2 is 1.71 bits per heavy atom. The fourth-order valence-electron chi connectivity index (χ4n) is 5.64. The van der Waals surface area contributed by atoms with Gasteiger partial charge in [0.05, 0.1) is 5.41 Å². The van der Waals surface area contributed by atoms with Crippen LogP contribution in [-0.4, -0.2) is 53.7 Å². The van der Waals surface area contributed by atoms with Crippen molar-refractivity contribution in [2.75, 3.05) is 19.7 Å². The Bertz CT molecular complexity index is 1100. The number of likely N-dealkylation sites (tertiary alicyclic amines) is 1. The number of carboxylic acids is 1. The van der Waals surface area contributed by atoms with E-state index in [1.807, 2.05) is 31.2 Å². The molecular weight excluding hydrogens is 444 g/mol. The third-order valence-electron chi connectivity index (χ3n) is 8.07. The number of aliphatic carboxylic acids is 1. The Hall–Kier alpha value is -3.35. The summed E-state index contributed by atoms with van der Waals surface area (Å²) in [7, 11) is 0. The molecule has 0 radical (unpaired) electrons. The number of carbonyl (C=O) groups excluding carboxylic acids is 2. The van der Waals surface area contributed by atoms with Crippen molar-refractivity contribution in [2.45, 2.75) is 51.0 Å². The molecule has 1 aliphatic heterocycles. The maximum Gasteiger partial charge on any atom is 0.407 e. The molecule has 1 heterocycles. The zero-order valence-electron chi connectivity index (χ0n) is 20.0. The first-order chi connectivity index (χ1) is 16.9. The van der Waals surface area contributed by atoms with Crippen molar-refractivity contribution in [3.8, 4) is 11.1 Å². The Morgan fingerprint density at radius 1 is 1.09 bits per heavy atom. The topological polar surface area (TPSA) is 95.9 Å². The lowest BCUT2D eigenvalue weighted by atomic mass is 9.84. The predicted molar refractivity (Wildman–Crippen MR) is 131 cm³/mol. The number of carboxylic acid groups (broad SMARTS) is 1. The predicted octanol–water partition coefficient (Wildman–Crippen LogP) is 4.41. The van der Waals surface area contributed by atoms with Gasteiger partial charge in [-0.15, -0.1) is 0 Å². The van der Waals surface area contributed by atoms with Crippen LogP contribution in [0.25, 0.3) is 11.1 Å². The van der Waals surface area contributed by atoms with Crippen LogP contribution >= 0.6 is 0 Å². The monoisotopic (exact) mass is 476 g/mol. The molecule has 2 aromatic rings. The number of carbonyl (C=O) groups is 3. The number of ether oxygens (including phenoxy) is 1. The van der Waals surface area contributed by atoms with E-state index in [0.29, 0.717) is 19.4 Å². The molecule has 2 aromatic carbocycles. The molecule has 2 fully saturated rings. The maximum absolute atomic E-state index is 13.0. The van der Waals surface area contributed by atoms with E-state index in [9.17, 15) is 19.5 Å². The van der Waals surface area contributed by atoms with Crippen LogP contribution in [0.5, 0.6) is 0 Å². The molecule has 2 N–H and O–H groups in total. The average Bonchev–Trinajstić information content (AvgIpc) is 3.53. The molecule has 1 saturated heterocycles. The Kier molecular flexibility index (Phi) is 6.26. The van der Waals surface area contributed by atoms with Crippen molar-refractivity contribution in [2.24, 2.45) is 11.3 Å². The largest absolute Gasteiger partial charge is 0.481 e. The van der Waals surface area contributed by atoms with Gasteiger partial charge in [-0.05, 0) is 53.9 Å². The Balaban J connectivity index is 1.19. The highest BCUT2D eigenvalue weighted by molar-refractivity contribution is 5.82. The molecule has 7 heteroatoms. The maximum atomic E-state index is 13.0. The van der Waals surface area contributed by atoms with Crippen LogP contribution in [0, 0.1) is 11.3 Å². The van der Waals surface area contributed by atoms with Crippen LogP contribution in [0.15, 0.2) is 48.5 Å². The molecule has 0 spiro atoms. The minimum Gasteiger partial charge on any atom is -0.481 e. The van der Waals surface area contributed by atoms with E-state index in [4.69, 9.17) is 4.74 Å². The number of rotatable bonds is 8. The third kappa shape index (κ3) is 4.51. The van der Waals surface area contributed by atoms with Gasteiger partial charge in [0.25, 0.3) is 0 Å². The zero-order chi connectivity index (χ0) is 24.6. The number of nitrogens with one attached hydrogen (secondary N) is 1. The lowest BCUT2D eigenvalue weighted by Crippen LogP contribution is -2.43. The number of benzene rings is 2. The summed E-state index contributed by atoms with van der Waals surface area (Å²) in [5.41, 5.74) is 3.80. The van der Waals surface area contributed by atoms with Crippen molar-refractivity contribution in [1.82, 2.24) is 10.2 Å². The van der Waals surface area contributed by atoms with Crippen LogP contribution in [0.4, 0.5) is 4.79 Å². The summed E-state index contributed by atoms with van der Waals surface area (Å²) >= 11 is 0. The number of fused-ring (bicyclic) bond motifs is 3. The van der Waals surface area contributed by atoms with E-state index in [2.05, 4.69) is 29.6 Å². The van der Waals surface area contributed by atoms with Crippen LogP contribution in [-0.2, 0) is 14.3 Å². The first-order valence-corrected chi connectivity index (χ1v) is 12.5. The van der Waals surface area contributed by atoms with Crippen LogP contribution < -0.4 is 5.32 Å². The number of hydrogen-bond acceptors (Lipinski definition) is 4. The summed E-state index contributed by atoms with van der Waals surface area (Å²) in [4.78, 5) is 39.1. The molecule has 35 heavy (non-hydrogen) atoms. The highest BCUT2D eigenvalue weighted by atomic mass is 16.5. The first-order valence-electron chi connectivity index (χ1n) is 12.5. The first kappa shape index (κ1) is 23.4. The van der Waals surface area contributed by atoms with Crippen molar-refractivity contribution < 1.29 is 24.2 Å². The number of alkyl carbamates (subject to hydrolysis) is 1. The van der Waals surface area contributed by atoms with Crippen molar-refractivity contribution in [1.29, 1.82) is 0 Å². The molecule has 0 aromatic heterocycles. The second-order valence-electron chi connectivity index (χ2n) is 10.1. The average molecular weight is 477 g/mol. The van der Waals surface area contributed by atoms with Crippen LogP contribution in [0.1, 0.15) is 56.1 Å². The Labute approximate surface area is 205 Å². The molecule has 2 aliphatic carbocycles. The van der Waals surface area contributed by atoms with E-state index in [1.54, 1.807) is 4.90 Å². The molecule has 7 nitrogen and oxygen atoms in total. The molecule has 184 valence electrons. The quantitative estimate of drug-likeness (QED) is 0.589. The lowest BCUT2D eigenvalue weighted by Gasteiger charge is -2.25. The second kappa shape index (κ2) is 9.36. The summed E-state index contributed by atoms with van der Waals surface area (Å²) in [6, 6.07) is 16.1. The van der Waals surface area contributed by atoms with E-state index in [1.165, 1.54) is 11.1 Å². The Morgan fingerprint density at radius 3 is 2.26 bits per heavy atom. The summed E-state index contributed by atoms with van der Waals surface area (Å²) in [5, 5.41) is 12.6. The molecule has 3 aliphatic rings. The third-order valence-corrected chi connectivity index (χ3v) is 8.07. The van der Waals surface area contributed by atoms with Gasteiger partial charge in [-0.3, -0.25) is 9.59 Å². The molecule has 2 unspecified atom stereocenters. The van der Waals surface area contributed by atoms with E-state index in [-0.39, 0.29) is 43.4 Å². The van der Waals surface area contributed by atoms with E-state index >= 15 is 0 Å². The van der Waals surface area contributed by atoms with Crippen molar-refractivity contribution >= 4 is 18.0 Å². The highest BCUT2D eigenvalue weighted by Crippen LogP contribution is 2.44. The van der Waals surface area contributed by atoms with Gasteiger partial charge in [-0.25, -0.2) is 4.79 Å². The number of amides is 2. The normalized spacial score (nSPS) is 21.8. The minimum absolute atomic E-state index is 0.0167. The number of nitrogens with zero attached hydrogens (tertiary/aromatic N) is 1. The van der Waals surface area contributed by atoms with E-state index in [0.717, 1.165) is 24.0 Å². The molecule has 1 saturated carbocycles. The van der Waals surface area contributed by atoms with Gasteiger partial charge < -0.3 is 20.1 Å². The van der Waals surface area contributed by atoms with Crippen molar-refractivity contribution in [3.05, 3.63) is 59.7 Å². The minimum atomic E-state index is -0.856. The molecule has 5 rings (SSSR count). The van der Waals surface area contributed by atoms with Crippen molar-refractivity contribution in [3.63, 3.8) is 0 Å². The van der Waals surface area contributed by atoms with Gasteiger partial charge in [-0.1, -0.05) is 55.5 Å². The van der Waals surface area contributed by atoms with Crippen LogP contribution in [0.3, 0.4) is 0 Å². The molecule has 2 amide bonds. The van der Waals surface area contributed by atoms with Gasteiger partial charge in [0.15, 0.2) is 0 Å². The van der Waals surface area contributed by atoms with E-state index < -0.39 is 17.5 Å². The van der Waals surface area contributed by atoms with Gasteiger partial charge >= 0.3 is 12.1 Å². The second-order valence-corrected chi connectivity index (χ2v) is 10.1. The zero-order valence-corrected chi connectivity index (χ0v) is 20.0. The smallest absolute Gasteiger partial charge is 0.407 e. The summed E-state index contributed by atoms with van der Waals surface area (Å²) in [5.74, 6) is -0.697. The highest BCUT2D eigenvalue weighted by Gasteiger charge is 2.45. The van der Waals surface area contributed by atoms with Gasteiger partial charge in [0, 0.05) is 31.5 Å². The fourth-order valence-corrected chi connectivity index (χ4v) is 5.64.